The van der Waals surface area contributed by atoms with Crippen LogP contribution in [0.2, 0.25) is 0 Å². The van der Waals surface area contributed by atoms with Gasteiger partial charge < -0.3 is 9.80 Å². The number of pyridine rings is 1. The third-order valence-electron chi connectivity index (χ3n) is 3.36. The number of rotatable bonds is 2. The molecule has 2 aliphatic rings. The maximum absolute atomic E-state index is 4.16. The van der Waals surface area contributed by atoms with Crippen LogP contribution in [0.15, 0.2) is 37.1 Å². The van der Waals surface area contributed by atoms with E-state index in [1.807, 2.05) is 16.8 Å². The van der Waals surface area contributed by atoms with Crippen molar-refractivity contribution in [1.29, 1.82) is 0 Å². The lowest BCUT2D eigenvalue weighted by Gasteiger charge is -2.20. The lowest BCUT2D eigenvalue weighted by atomic mass is 10.4. The Kier molecular flexibility index (Phi) is 1.72. The molecule has 5 nitrogen and oxygen atoms in total. The summed E-state index contributed by atoms with van der Waals surface area (Å²) in [5.74, 6) is 0. The molecule has 4 rings (SSSR count). The van der Waals surface area contributed by atoms with E-state index in [0.29, 0.717) is 0 Å². The molecule has 1 aliphatic heterocycles. The Morgan fingerprint density at radius 2 is 2.12 bits per heavy atom. The van der Waals surface area contributed by atoms with Crippen molar-refractivity contribution in [3.05, 3.63) is 37.1 Å². The number of nitrogens with zero attached hydrogens (tertiary/aromatic N) is 5. The van der Waals surface area contributed by atoms with Crippen LogP contribution in [-0.2, 0) is 0 Å². The molecule has 17 heavy (non-hydrogen) atoms. The van der Waals surface area contributed by atoms with Crippen molar-refractivity contribution in [2.75, 3.05) is 11.6 Å². The Balaban J connectivity index is 1.63. The molecule has 0 aromatic carbocycles. The smallest absolute Gasteiger partial charge is 0.155 e. The van der Waals surface area contributed by atoms with Crippen LogP contribution in [-0.4, -0.2) is 32.2 Å². The number of hydrogen-bond acceptors (Lipinski definition) is 4. The lowest BCUT2D eigenvalue weighted by Crippen LogP contribution is -2.26. The molecule has 3 heterocycles. The number of aromatic nitrogens is 3. The summed E-state index contributed by atoms with van der Waals surface area (Å²) < 4.78 is 1.81. The Morgan fingerprint density at radius 3 is 3.00 bits per heavy atom. The van der Waals surface area contributed by atoms with Crippen LogP contribution in [0.3, 0.4) is 0 Å². The summed E-state index contributed by atoms with van der Waals surface area (Å²) in [5.41, 5.74) is 2.04. The summed E-state index contributed by atoms with van der Waals surface area (Å²) in [5, 5.41) is 4.16. The van der Waals surface area contributed by atoms with Crippen LogP contribution in [0, 0.1) is 0 Å². The van der Waals surface area contributed by atoms with Crippen LogP contribution >= 0.6 is 0 Å². The molecule has 0 spiro atoms. The molecular formula is C12H13N5. The predicted molar refractivity (Wildman–Crippen MR) is 64.3 cm³/mol. The Labute approximate surface area is 99.0 Å². The zero-order valence-corrected chi connectivity index (χ0v) is 9.40. The van der Waals surface area contributed by atoms with Crippen LogP contribution in [0.4, 0.5) is 5.69 Å². The van der Waals surface area contributed by atoms with Crippen molar-refractivity contribution in [2.24, 2.45) is 0 Å². The van der Waals surface area contributed by atoms with Gasteiger partial charge in [-0.05, 0) is 25.0 Å². The van der Waals surface area contributed by atoms with Crippen molar-refractivity contribution >= 4 is 11.3 Å². The normalized spacial score (nSPS) is 19.5. The Bertz CT molecular complexity index is 583. The summed E-state index contributed by atoms with van der Waals surface area (Å²) in [6.07, 6.45) is 10.6. The standard InChI is InChI=1S/C12H13N5/c1-2-10(1)15-5-6-16(9-15)11-3-4-12-13-8-14-17(12)7-11/h3-8,10H,1-2,9H2. The van der Waals surface area contributed by atoms with Crippen LogP contribution in [0.25, 0.3) is 5.65 Å². The van der Waals surface area contributed by atoms with Crippen molar-refractivity contribution in [3.8, 4) is 0 Å². The summed E-state index contributed by atoms with van der Waals surface area (Å²) in [6.45, 7) is 0.949. The fourth-order valence-electron chi connectivity index (χ4n) is 2.22. The van der Waals surface area contributed by atoms with Gasteiger partial charge in [0.25, 0.3) is 0 Å². The highest BCUT2D eigenvalue weighted by molar-refractivity contribution is 5.53. The van der Waals surface area contributed by atoms with E-state index in [0.717, 1.165) is 24.0 Å². The first kappa shape index (κ1) is 9.04. The highest BCUT2D eigenvalue weighted by Crippen LogP contribution is 2.30. The maximum Gasteiger partial charge on any atom is 0.155 e. The third-order valence-corrected chi connectivity index (χ3v) is 3.36. The number of fused-ring (bicyclic) bond motifs is 1. The van der Waals surface area contributed by atoms with E-state index in [1.165, 1.54) is 12.8 Å². The van der Waals surface area contributed by atoms with Gasteiger partial charge in [0, 0.05) is 18.4 Å². The average Bonchev–Trinajstić information content (AvgIpc) is 2.93. The van der Waals surface area contributed by atoms with Crippen LogP contribution < -0.4 is 4.90 Å². The molecule has 0 N–H and O–H groups in total. The van der Waals surface area contributed by atoms with Gasteiger partial charge in [-0.25, -0.2) is 9.50 Å². The van der Waals surface area contributed by atoms with Gasteiger partial charge in [0.05, 0.1) is 18.6 Å². The zero-order valence-electron chi connectivity index (χ0n) is 9.40. The molecule has 86 valence electrons. The van der Waals surface area contributed by atoms with Gasteiger partial charge in [0.2, 0.25) is 0 Å². The minimum Gasteiger partial charge on any atom is -0.355 e. The topological polar surface area (TPSA) is 36.7 Å². The first-order valence-corrected chi connectivity index (χ1v) is 5.90. The molecule has 2 aromatic rings. The second-order valence-electron chi connectivity index (χ2n) is 4.60. The third kappa shape index (κ3) is 1.46. The molecule has 1 fully saturated rings. The van der Waals surface area contributed by atoms with Gasteiger partial charge >= 0.3 is 0 Å². The second-order valence-corrected chi connectivity index (χ2v) is 4.60. The average molecular weight is 227 g/mol. The summed E-state index contributed by atoms with van der Waals surface area (Å²) in [4.78, 5) is 8.77. The number of anilines is 1. The monoisotopic (exact) mass is 227 g/mol. The van der Waals surface area contributed by atoms with Gasteiger partial charge in [-0.15, -0.1) is 0 Å². The van der Waals surface area contributed by atoms with E-state index in [-0.39, 0.29) is 0 Å². The van der Waals surface area contributed by atoms with Gasteiger partial charge in [0.15, 0.2) is 5.65 Å². The first-order chi connectivity index (χ1) is 8.40. The van der Waals surface area contributed by atoms with Gasteiger partial charge in [-0.2, -0.15) is 5.10 Å². The molecule has 2 aromatic heterocycles. The first-order valence-electron chi connectivity index (χ1n) is 5.90. The SMILES string of the molecule is C1=CN(C2CC2)CN1c1ccc2ncnn2c1. The van der Waals surface area contributed by atoms with Gasteiger partial charge in [0.1, 0.15) is 6.33 Å². The van der Waals surface area contributed by atoms with Crippen LogP contribution in [0.5, 0.6) is 0 Å². The lowest BCUT2D eigenvalue weighted by molar-refractivity contribution is 0.397. The fourth-order valence-corrected chi connectivity index (χ4v) is 2.22. The number of hydrogen-bond donors (Lipinski definition) is 0. The maximum atomic E-state index is 4.16. The van der Waals surface area contributed by atoms with E-state index in [2.05, 4.69) is 38.3 Å². The highest BCUT2D eigenvalue weighted by atomic mass is 15.4. The van der Waals surface area contributed by atoms with E-state index >= 15 is 0 Å². The Morgan fingerprint density at radius 1 is 1.18 bits per heavy atom. The molecule has 0 radical (unpaired) electrons. The van der Waals surface area contributed by atoms with Crippen molar-refractivity contribution < 1.29 is 0 Å². The second kappa shape index (κ2) is 3.23. The quantitative estimate of drug-likeness (QED) is 0.778. The summed E-state index contributed by atoms with van der Waals surface area (Å²) in [6, 6.07) is 4.85. The van der Waals surface area contributed by atoms with Crippen LogP contribution in [0.1, 0.15) is 12.8 Å². The molecule has 0 atom stereocenters. The van der Waals surface area contributed by atoms with Crippen molar-refractivity contribution in [1.82, 2.24) is 19.5 Å². The molecule has 1 aliphatic carbocycles. The van der Waals surface area contributed by atoms with E-state index < -0.39 is 0 Å². The molecular weight excluding hydrogens is 214 g/mol. The summed E-state index contributed by atoms with van der Waals surface area (Å²) in [7, 11) is 0. The molecule has 0 amide bonds. The molecule has 0 bridgehead atoms. The van der Waals surface area contributed by atoms with E-state index in [9.17, 15) is 0 Å². The van der Waals surface area contributed by atoms with Gasteiger partial charge in [-0.1, -0.05) is 0 Å². The zero-order chi connectivity index (χ0) is 11.2. The Hall–Kier alpha value is -2.04. The fraction of sp³-hybridized carbons (Fsp3) is 0.333. The van der Waals surface area contributed by atoms with Crippen molar-refractivity contribution in [3.63, 3.8) is 0 Å². The largest absolute Gasteiger partial charge is 0.355 e. The van der Waals surface area contributed by atoms with Gasteiger partial charge in [-0.3, -0.25) is 0 Å². The molecule has 1 saturated carbocycles. The molecule has 0 saturated heterocycles. The highest BCUT2D eigenvalue weighted by Gasteiger charge is 2.30. The minimum absolute atomic E-state index is 0.770. The minimum atomic E-state index is 0.770. The molecule has 0 unspecified atom stereocenters. The summed E-state index contributed by atoms with van der Waals surface area (Å²) >= 11 is 0. The van der Waals surface area contributed by atoms with E-state index in [4.69, 9.17) is 0 Å². The molecule has 5 heteroatoms. The van der Waals surface area contributed by atoms with Crippen molar-refractivity contribution in [2.45, 2.75) is 18.9 Å². The predicted octanol–water partition coefficient (Wildman–Crippen LogP) is 1.44. The van der Waals surface area contributed by atoms with E-state index in [1.54, 1.807) is 6.33 Å².